The Labute approximate surface area is 132 Å². The molecule has 1 aromatic carbocycles. The van der Waals surface area contributed by atoms with Crippen LogP contribution in [0.3, 0.4) is 0 Å². The van der Waals surface area contributed by atoms with Crippen molar-refractivity contribution in [2.75, 3.05) is 19.7 Å². The molecule has 0 aliphatic carbocycles. The lowest BCUT2D eigenvalue weighted by atomic mass is 10.2. The molecule has 0 amide bonds. The van der Waals surface area contributed by atoms with Gasteiger partial charge in [0.05, 0.1) is 6.61 Å². The second-order valence-electron chi connectivity index (χ2n) is 4.36. The summed E-state index contributed by atoms with van der Waals surface area (Å²) in [6, 6.07) is 8.19. The molecule has 2 N–H and O–H groups in total. The van der Waals surface area contributed by atoms with Crippen LogP contribution in [0.25, 0.3) is 0 Å². The number of benzene rings is 1. The highest BCUT2D eigenvalue weighted by atomic mass is 127. The molecule has 0 spiro atoms. The van der Waals surface area contributed by atoms with Crippen molar-refractivity contribution in [3.63, 3.8) is 0 Å². The SMILES string of the molecule is CCCOc1cccc(CNC2=NCCCN2)c1.I. The Hall–Kier alpha value is -0.980. The summed E-state index contributed by atoms with van der Waals surface area (Å²) in [5, 5.41) is 6.55. The van der Waals surface area contributed by atoms with E-state index >= 15 is 0 Å². The Morgan fingerprint density at radius 1 is 1.42 bits per heavy atom. The average molecular weight is 375 g/mol. The van der Waals surface area contributed by atoms with E-state index < -0.39 is 0 Å². The van der Waals surface area contributed by atoms with Crippen molar-refractivity contribution < 1.29 is 4.74 Å². The van der Waals surface area contributed by atoms with Crippen molar-refractivity contribution in [1.82, 2.24) is 10.6 Å². The van der Waals surface area contributed by atoms with Gasteiger partial charge in [0.1, 0.15) is 5.75 Å². The molecule has 0 radical (unpaired) electrons. The summed E-state index contributed by atoms with van der Waals surface area (Å²) in [5.74, 6) is 1.84. The molecule has 4 nitrogen and oxygen atoms in total. The molecule has 5 heteroatoms. The third-order valence-corrected chi connectivity index (χ3v) is 2.73. The summed E-state index contributed by atoms with van der Waals surface area (Å²) >= 11 is 0. The molecule has 0 atom stereocenters. The molecule has 0 fully saturated rings. The maximum atomic E-state index is 5.61. The first-order valence-electron chi connectivity index (χ1n) is 6.62. The van der Waals surface area contributed by atoms with E-state index in [1.54, 1.807) is 0 Å². The zero-order valence-electron chi connectivity index (χ0n) is 11.3. The summed E-state index contributed by atoms with van der Waals surface area (Å²) < 4.78 is 5.61. The standard InChI is InChI=1S/C14H21N3O.HI/c1-2-9-18-13-6-3-5-12(10-13)11-17-14-15-7-4-8-16-14;/h3,5-6,10H,2,4,7-9,11H2,1H3,(H2,15,16,17);1H. The van der Waals surface area contributed by atoms with Gasteiger partial charge in [-0.2, -0.15) is 0 Å². The first-order chi connectivity index (χ1) is 8.88. The summed E-state index contributed by atoms with van der Waals surface area (Å²) in [6.45, 7) is 5.57. The van der Waals surface area contributed by atoms with E-state index in [0.29, 0.717) is 0 Å². The predicted octanol–water partition coefficient (Wildman–Crippen LogP) is 2.53. The van der Waals surface area contributed by atoms with Crippen molar-refractivity contribution in [3.8, 4) is 5.75 Å². The fourth-order valence-corrected chi connectivity index (χ4v) is 1.80. The highest BCUT2D eigenvalue weighted by molar-refractivity contribution is 14.0. The molecule has 0 aromatic heterocycles. The fourth-order valence-electron chi connectivity index (χ4n) is 1.80. The van der Waals surface area contributed by atoms with Gasteiger partial charge in [-0.3, -0.25) is 4.99 Å². The van der Waals surface area contributed by atoms with Gasteiger partial charge in [-0.25, -0.2) is 0 Å². The quantitative estimate of drug-likeness (QED) is 0.778. The maximum absolute atomic E-state index is 5.61. The van der Waals surface area contributed by atoms with Gasteiger partial charge in [0.15, 0.2) is 5.96 Å². The Bertz CT molecular complexity index is 409. The van der Waals surface area contributed by atoms with Gasteiger partial charge in [0.25, 0.3) is 0 Å². The van der Waals surface area contributed by atoms with Crippen molar-refractivity contribution in [2.24, 2.45) is 4.99 Å². The Morgan fingerprint density at radius 3 is 3.05 bits per heavy atom. The third kappa shape index (κ3) is 5.67. The number of guanidine groups is 1. The van der Waals surface area contributed by atoms with E-state index in [9.17, 15) is 0 Å². The van der Waals surface area contributed by atoms with Gasteiger partial charge < -0.3 is 15.4 Å². The summed E-state index contributed by atoms with van der Waals surface area (Å²) in [4.78, 5) is 4.38. The van der Waals surface area contributed by atoms with Crippen molar-refractivity contribution in [2.45, 2.75) is 26.3 Å². The number of nitrogens with zero attached hydrogens (tertiary/aromatic N) is 1. The van der Waals surface area contributed by atoms with Crippen LogP contribution in [-0.2, 0) is 6.54 Å². The van der Waals surface area contributed by atoms with Gasteiger partial charge >= 0.3 is 0 Å². The smallest absolute Gasteiger partial charge is 0.191 e. The number of aliphatic imine (C=N–C) groups is 1. The molecular weight excluding hydrogens is 353 g/mol. The number of hydrogen-bond donors (Lipinski definition) is 2. The minimum atomic E-state index is 0. The number of nitrogens with one attached hydrogen (secondary N) is 2. The summed E-state index contributed by atoms with van der Waals surface area (Å²) in [7, 11) is 0. The van der Waals surface area contributed by atoms with Crippen molar-refractivity contribution in [1.29, 1.82) is 0 Å². The Balaban J connectivity index is 0.00000180. The zero-order valence-corrected chi connectivity index (χ0v) is 13.6. The lowest BCUT2D eigenvalue weighted by Crippen LogP contribution is -2.40. The molecule has 0 bridgehead atoms. The van der Waals surface area contributed by atoms with Crippen molar-refractivity contribution in [3.05, 3.63) is 29.8 Å². The van der Waals surface area contributed by atoms with E-state index in [2.05, 4.69) is 34.7 Å². The monoisotopic (exact) mass is 375 g/mol. The summed E-state index contributed by atoms with van der Waals surface area (Å²) in [6.07, 6.45) is 2.15. The van der Waals surface area contributed by atoms with Gasteiger partial charge in [-0.05, 0) is 30.5 Å². The van der Waals surface area contributed by atoms with E-state index in [0.717, 1.165) is 50.8 Å². The van der Waals surface area contributed by atoms with E-state index in [4.69, 9.17) is 4.74 Å². The van der Waals surface area contributed by atoms with Crippen molar-refractivity contribution >= 4 is 29.9 Å². The number of ether oxygens (including phenoxy) is 1. The van der Waals surface area contributed by atoms with Gasteiger partial charge in [-0.15, -0.1) is 24.0 Å². The molecule has 0 unspecified atom stereocenters. The Kier molecular flexibility index (Phi) is 7.62. The first kappa shape index (κ1) is 16.1. The number of rotatable bonds is 5. The largest absolute Gasteiger partial charge is 0.494 e. The second kappa shape index (κ2) is 9.01. The molecule has 106 valence electrons. The Morgan fingerprint density at radius 2 is 2.32 bits per heavy atom. The molecule has 2 rings (SSSR count). The fraction of sp³-hybridized carbons (Fsp3) is 0.500. The number of hydrogen-bond acceptors (Lipinski definition) is 4. The first-order valence-corrected chi connectivity index (χ1v) is 6.62. The number of halogens is 1. The average Bonchev–Trinajstić information content (AvgIpc) is 2.44. The van der Waals surface area contributed by atoms with Gasteiger partial charge in [0.2, 0.25) is 0 Å². The van der Waals surface area contributed by atoms with Gasteiger partial charge in [0, 0.05) is 19.6 Å². The van der Waals surface area contributed by atoms with Crippen LogP contribution in [0, 0.1) is 0 Å². The minimum Gasteiger partial charge on any atom is -0.494 e. The lowest BCUT2D eigenvalue weighted by Gasteiger charge is -2.16. The highest BCUT2D eigenvalue weighted by Crippen LogP contribution is 2.13. The maximum Gasteiger partial charge on any atom is 0.191 e. The van der Waals surface area contributed by atoms with Gasteiger partial charge in [-0.1, -0.05) is 19.1 Å². The van der Waals surface area contributed by atoms with Crippen LogP contribution < -0.4 is 15.4 Å². The third-order valence-electron chi connectivity index (χ3n) is 2.73. The highest BCUT2D eigenvalue weighted by Gasteiger charge is 2.03. The minimum absolute atomic E-state index is 0. The zero-order chi connectivity index (χ0) is 12.6. The molecule has 0 saturated carbocycles. The molecule has 1 aromatic rings. The van der Waals surface area contributed by atoms with E-state index in [1.165, 1.54) is 5.56 Å². The van der Waals surface area contributed by atoms with E-state index in [1.807, 2.05) is 12.1 Å². The molecular formula is C14H22IN3O. The van der Waals surface area contributed by atoms with Crippen LogP contribution in [0.15, 0.2) is 29.3 Å². The molecule has 0 saturated heterocycles. The molecule has 1 aliphatic heterocycles. The van der Waals surface area contributed by atoms with Crippen LogP contribution in [0.2, 0.25) is 0 Å². The molecule has 1 heterocycles. The molecule has 19 heavy (non-hydrogen) atoms. The lowest BCUT2D eigenvalue weighted by molar-refractivity contribution is 0.317. The molecule has 1 aliphatic rings. The second-order valence-corrected chi connectivity index (χ2v) is 4.36. The van der Waals surface area contributed by atoms with E-state index in [-0.39, 0.29) is 24.0 Å². The van der Waals surface area contributed by atoms with Crippen LogP contribution in [0.4, 0.5) is 0 Å². The van der Waals surface area contributed by atoms with Crippen LogP contribution in [0.5, 0.6) is 5.75 Å². The van der Waals surface area contributed by atoms with Crippen LogP contribution in [-0.4, -0.2) is 25.7 Å². The van der Waals surface area contributed by atoms with Crippen LogP contribution >= 0.6 is 24.0 Å². The normalized spacial score (nSPS) is 13.8. The topological polar surface area (TPSA) is 45.6 Å². The predicted molar refractivity (Wildman–Crippen MR) is 89.4 cm³/mol. The summed E-state index contributed by atoms with van der Waals surface area (Å²) in [5.41, 5.74) is 1.21. The van der Waals surface area contributed by atoms with Crippen LogP contribution in [0.1, 0.15) is 25.3 Å².